The summed E-state index contributed by atoms with van der Waals surface area (Å²) < 4.78 is 5.28. The Hall–Kier alpha value is -2.33. The second-order valence-corrected chi connectivity index (χ2v) is 6.64. The highest BCUT2D eigenvalue weighted by Gasteiger charge is 2.39. The average Bonchev–Trinajstić information content (AvgIpc) is 2.58. The van der Waals surface area contributed by atoms with Crippen molar-refractivity contribution >= 4 is 23.4 Å². The molecule has 3 rings (SSSR count). The zero-order chi connectivity index (χ0) is 18.0. The van der Waals surface area contributed by atoms with Crippen LogP contribution >= 0.6 is 11.6 Å². The molecular formula is C20H20ClNO3. The molecule has 1 N–H and O–H groups in total. The lowest BCUT2D eigenvalue weighted by molar-refractivity contribution is -0.138. The summed E-state index contributed by atoms with van der Waals surface area (Å²) in [5.41, 5.74) is 3.55. The molecule has 0 fully saturated rings. The van der Waals surface area contributed by atoms with Gasteiger partial charge in [-0.25, -0.2) is 4.79 Å². The van der Waals surface area contributed by atoms with Gasteiger partial charge < -0.3 is 10.1 Å². The SMILES string of the molecule is C=CCOC(=O)C1=C(C)NC2=C(C(=O)CCC2)[C@@H]1c1cccc(Cl)c1. The molecule has 0 bridgehead atoms. The van der Waals surface area contributed by atoms with Gasteiger partial charge in [-0.15, -0.1) is 0 Å². The number of hydrogen-bond donors (Lipinski definition) is 1. The predicted octanol–water partition coefficient (Wildman–Crippen LogP) is 4.04. The van der Waals surface area contributed by atoms with Gasteiger partial charge in [0.15, 0.2) is 5.78 Å². The van der Waals surface area contributed by atoms with Crippen molar-refractivity contribution in [1.82, 2.24) is 5.32 Å². The maximum atomic E-state index is 12.7. The van der Waals surface area contributed by atoms with Crippen LogP contribution in [0.5, 0.6) is 0 Å². The minimum Gasteiger partial charge on any atom is -0.458 e. The van der Waals surface area contributed by atoms with Crippen molar-refractivity contribution in [3.05, 3.63) is 70.0 Å². The second-order valence-electron chi connectivity index (χ2n) is 6.21. The number of ether oxygens (including phenoxy) is 1. The average molecular weight is 358 g/mol. The molecule has 0 saturated carbocycles. The summed E-state index contributed by atoms with van der Waals surface area (Å²) in [6, 6.07) is 7.30. The van der Waals surface area contributed by atoms with Gasteiger partial charge >= 0.3 is 5.97 Å². The zero-order valence-electron chi connectivity index (χ0n) is 14.1. The van der Waals surface area contributed by atoms with Crippen molar-refractivity contribution in [2.45, 2.75) is 32.1 Å². The first-order chi connectivity index (χ1) is 12.0. The maximum absolute atomic E-state index is 12.7. The molecule has 1 aliphatic carbocycles. The van der Waals surface area contributed by atoms with Crippen molar-refractivity contribution in [3.8, 4) is 0 Å². The van der Waals surface area contributed by atoms with Crippen LogP contribution in [0, 0.1) is 0 Å². The van der Waals surface area contributed by atoms with Crippen molar-refractivity contribution in [2.75, 3.05) is 6.61 Å². The molecule has 1 aromatic carbocycles. The van der Waals surface area contributed by atoms with Gasteiger partial charge in [0.25, 0.3) is 0 Å². The normalized spacial score (nSPS) is 20.1. The molecule has 1 atom stereocenters. The Balaban J connectivity index is 2.13. The highest BCUT2D eigenvalue weighted by molar-refractivity contribution is 6.30. The molecule has 4 nitrogen and oxygen atoms in total. The van der Waals surface area contributed by atoms with E-state index in [2.05, 4.69) is 11.9 Å². The molecule has 1 heterocycles. The third kappa shape index (κ3) is 3.40. The van der Waals surface area contributed by atoms with Crippen molar-refractivity contribution in [3.63, 3.8) is 0 Å². The lowest BCUT2D eigenvalue weighted by Gasteiger charge is -2.34. The van der Waals surface area contributed by atoms with Gasteiger partial charge in [-0.3, -0.25) is 4.79 Å². The van der Waals surface area contributed by atoms with Gasteiger partial charge in [0.2, 0.25) is 0 Å². The van der Waals surface area contributed by atoms with E-state index in [1.54, 1.807) is 12.1 Å². The lowest BCUT2D eigenvalue weighted by atomic mass is 9.75. The van der Waals surface area contributed by atoms with Gasteiger partial charge in [-0.1, -0.05) is 36.4 Å². The zero-order valence-corrected chi connectivity index (χ0v) is 14.9. The number of ketones is 1. The second kappa shape index (κ2) is 7.28. The smallest absolute Gasteiger partial charge is 0.337 e. The highest BCUT2D eigenvalue weighted by atomic mass is 35.5. The van der Waals surface area contributed by atoms with E-state index in [1.807, 2.05) is 19.1 Å². The van der Waals surface area contributed by atoms with E-state index >= 15 is 0 Å². The first-order valence-corrected chi connectivity index (χ1v) is 8.68. The van der Waals surface area contributed by atoms with Gasteiger partial charge in [-0.05, 0) is 37.5 Å². The van der Waals surface area contributed by atoms with Crippen molar-refractivity contribution in [2.24, 2.45) is 0 Å². The Morgan fingerprint density at radius 3 is 2.96 bits per heavy atom. The Morgan fingerprint density at radius 2 is 2.24 bits per heavy atom. The molecule has 1 aromatic rings. The number of allylic oxidation sites excluding steroid dienone is 3. The standard InChI is InChI=1S/C20H20ClNO3/c1-3-10-25-20(24)17-12(2)22-15-8-5-9-16(23)19(15)18(17)13-6-4-7-14(21)11-13/h3-4,6-7,11,18,22H,1,5,8-10H2,2H3/t18-/m1/s1. The van der Waals surface area contributed by atoms with Crippen molar-refractivity contribution in [1.29, 1.82) is 0 Å². The minimum atomic E-state index is -0.458. The Kier molecular flexibility index (Phi) is 5.09. The monoisotopic (exact) mass is 357 g/mol. The highest BCUT2D eigenvalue weighted by Crippen LogP contribution is 2.42. The summed E-state index contributed by atoms with van der Waals surface area (Å²) in [7, 11) is 0. The fourth-order valence-corrected chi connectivity index (χ4v) is 3.68. The van der Waals surface area contributed by atoms with E-state index in [0.29, 0.717) is 28.3 Å². The largest absolute Gasteiger partial charge is 0.458 e. The molecule has 2 aliphatic rings. The third-order valence-electron chi connectivity index (χ3n) is 4.51. The topological polar surface area (TPSA) is 55.4 Å². The van der Waals surface area contributed by atoms with E-state index in [-0.39, 0.29) is 12.4 Å². The molecule has 25 heavy (non-hydrogen) atoms. The number of carbonyl (C=O) groups is 2. The van der Waals surface area contributed by atoms with E-state index in [1.165, 1.54) is 6.08 Å². The number of rotatable bonds is 4. The minimum absolute atomic E-state index is 0.0697. The van der Waals surface area contributed by atoms with Crippen molar-refractivity contribution < 1.29 is 14.3 Å². The summed E-state index contributed by atoms with van der Waals surface area (Å²) in [6.07, 6.45) is 3.63. The summed E-state index contributed by atoms with van der Waals surface area (Å²) in [5.74, 6) is -0.833. The van der Waals surface area contributed by atoms with Crippen LogP contribution in [-0.2, 0) is 14.3 Å². The van der Waals surface area contributed by atoms with Gasteiger partial charge in [0, 0.05) is 34.3 Å². The van der Waals surface area contributed by atoms with Crippen LogP contribution in [0.4, 0.5) is 0 Å². The number of esters is 1. The molecule has 130 valence electrons. The first kappa shape index (κ1) is 17.5. The summed E-state index contributed by atoms with van der Waals surface area (Å²) >= 11 is 6.16. The predicted molar refractivity (Wildman–Crippen MR) is 97.1 cm³/mol. The molecule has 5 heteroatoms. The molecule has 0 unspecified atom stereocenters. The molecular weight excluding hydrogens is 338 g/mol. The fraction of sp³-hybridized carbons (Fsp3) is 0.300. The lowest BCUT2D eigenvalue weighted by Crippen LogP contribution is -2.34. The van der Waals surface area contributed by atoms with Crippen LogP contribution in [0.2, 0.25) is 5.02 Å². The van der Waals surface area contributed by atoms with E-state index in [0.717, 1.165) is 24.1 Å². The molecule has 0 aromatic heterocycles. The quantitative estimate of drug-likeness (QED) is 0.652. The Labute approximate surface area is 152 Å². The molecule has 0 radical (unpaired) electrons. The van der Waals surface area contributed by atoms with Gasteiger partial charge in [0.1, 0.15) is 6.61 Å². The van der Waals surface area contributed by atoms with Crippen LogP contribution < -0.4 is 5.32 Å². The van der Waals surface area contributed by atoms with E-state index < -0.39 is 11.9 Å². The number of carbonyl (C=O) groups excluding carboxylic acids is 2. The molecule has 1 aliphatic heterocycles. The van der Waals surface area contributed by atoms with Crippen LogP contribution in [0.15, 0.2) is 59.5 Å². The number of dihydropyridines is 1. The number of nitrogens with one attached hydrogen (secondary N) is 1. The molecule has 0 spiro atoms. The Morgan fingerprint density at radius 1 is 1.44 bits per heavy atom. The van der Waals surface area contributed by atoms with E-state index in [9.17, 15) is 9.59 Å². The first-order valence-electron chi connectivity index (χ1n) is 8.30. The Bertz CT molecular complexity index is 807. The third-order valence-corrected chi connectivity index (χ3v) is 4.75. The number of benzene rings is 1. The molecule has 0 amide bonds. The maximum Gasteiger partial charge on any atom is 0.337 e. The number of hydrogen-bond acceptors (Lipinski definition) is 4. The van der Waals surface area contributed by atoms with Gasteiger partial charge in [0.05, 0.1) is 5.57 Å². The summed E-state index contributed by atoms with van der Waals surface area (Å²) in [5, 5.41) is 3.82. The van der Waals surface area contributed by atoms with Crippen LogP contribution in [0.25, 0.3) is 0 Å². The summed E-state index contributed by atoms with van der Waals surface area (Å²) in [4.78, 5) is 25.3. The van der Waals surface area contributed by atoms with Gasteiger partial charge in [-0.2, -0.15) is 0 Å². The number of halogens is 1. The van der Waals surface area contributed by atoms with E-state index in [4.69, 9.17) is 16.3 Å². The van der Waals surface area contributed by atoms with Crippen LogP contribution in [0.1, 0.15) is 37.7 Å². The number of Topliss-reactive ketones (excluding diaryl/α,β-unsaturated/α-hetero) is 1. The fourth-order valence-electron chi connectivity index (χ4n) is 3.49. The molecule has 0 saturated heterocycles. The van der Waals surface area contributed by atoms with Crippen LogP contribution in [-0.4, -0.2) is 18.4 Å². The van der Waals surface area contributed by atoms with Crippen LogP contribution in [0.3, 0.4) is 0 Å². The summed E-state index contributed by atoms with van der Waals surface area (Å²) in [6.45, 7) is 5.53.